The highest BCUT2D eigenvalue weighted by molar-refractivity contribution is 6.09. The third-order valence-electron chi connectivity index (χ3n) is 2.85. The number of methoxy groups -OCH3 is 1. The first-order valence-corrected chi connectivity index (χ1v) is 6.64. The van der Waals surface area contributed by atoms with Gasteiger partial charge in [0.1, 0.15) is 17.0 Å². The minimum atomic E-state index is -1.18. The van der Waals surface area contributed by atoms with Gasteiger partial charge in [-0.15, -0.1) is 0 Å². The van der Waals surface area contributed by atoms with Crippen molar-refractivity contribution in [3.8, 4) is 5.75 Å². The number of rotatable bonds is 3. The molecular weight excluding hydrogens is 288 g/mol. The number of hydrogen-bond acceptors (Lipinski definition) is 4. The molecule has 3 N–H and O–H groups in total. The number of anilines is 1. The Morgan fingerprint density at radius 3 is 2.50 bits per heavy atom. The van der Waals surface area contributed by atoms with Crippen LogP contribution in [0.15, 0.2) is 18.2 Å². The van der Waals surface area contributed by atoms with Gasteiger partial charge in [-0.2, -0.15) is 0 Å². The van der Waals surface area contributed by atoms with E-state index in [0.717, 1.165) is 0 Å². The maximum absolute atomic E-state index is 11.9. The molecule has 0 atom stereocenters. The lowest BCUT2D eigenvalue weighted by molar-refractivity contribution is 0.0636. The zero-order chi connectivity index (χ0) is 16.5. The van der Waals surface area contributed by atoms with Gasteiger partial charge in [0.2, 0.25) is 0 Å². The van der Waals surface area contributed by atoms with Crippen molar-refractivity contribution in [2.45, 2.75) is 26.4 Å². The number of carboxylic acids is 1. The number of carbonyl (C=O) groups excluding carboxylic acids is 1. The molecule has 2 aromatic rings. The van der Waals surface area contributed by atoms with Crippen LogP contribution in [-0.2, 0) is 4.74 Å². The minimum absolute atomic E-state index is 0.117. The van der Waals surface area contributed by atoms with E-state index >= 15 is 0 Å². The van der Waals surface area contributed by atoms with Gasteiger partial charge in [0.25, 0.3) is 0 Å². The van der Waals surface area contributed by atoms with Crippen LogP contribution in [-0.4, -0.2) is 34.9 Å². The Balaban J connectivity index is 2.47. The third-order valence-corrected chi connectivity index (χ3v) is 2.85. The number of aromatic nitrogens is 1. The lowest BCUT2D eigenvalue weighted by atomic mass is 10.2. The Morgan fingerprint density at radius 2 is 1.95 bits per heavy atom. The molecule has 7 nitrogen and oxygen atoms in total. The highest BCUT2D eigenvalue weighted by Crippen LogP contribution is 2.31. The van der Waals surface area contributed by atoms with Crippen molar-refractivity contribution in [3.05, 3.63) is 23.9 Å². The lowest BCUT2D eigenvalue weighted by Gasteiger charge is -2.19. The van der Waals surface area contributed by atoms with Crippen molar-refractivity contribution in [1.29, 1.82) is 0 Å². The van der Waals surface area contributed by atoms with Crippen LogP contribution in [0.2, 0.25) is 0 Å². The molecule has 0 aliphatic rings. The van der Waals surface area contributed by atoms with E-state index in [1.807, 2.05) is 0 Å². The third kappa shape index (κ3) is 3.30. The second-order valence-corrected chi connectivity index (χ2v) is 5.72. The number of fused-ring (bicyclic) bond motifs is 1. The summed E-state index contributed by atoms with van der Waals surface area (Å²) >= 11 is 0. The van der Waals surface area contributed by atoms with E-state index in [-0.39, 0.29) is 11.4 Å². The summed E-state index contributed by atoms with van der Waals surface area (Å²) in [6.45, 7) is 5.18. The van der Waals surface area contributed by atoms with E-state index in [1.54, 1.807) is 39.0 Å². The molecule has 1 aromatic heterocycles. The number of carboxylic acid groups (broad SMARTS) is 1. The fourth-order valence-electron chi connectivity index (χ4n) is 1.99. The molecule has 0 radical (unpaired) electrons. The number of H-pyrrole nitrogens is 1. The molecule has 1 heterocycles. The van der Waals surface area contributed by atoms with E-state index in [0.29, 0.717) is 16.7 Å². The molecule has 0 spiro atoms. The van der Waals surface area contributed by atoms with Crippen LogP contribution in [0.1, 0.15) is 31.3 Å². The van der Waals surface area contributed by atoms with Crippen molar-refractivity contribution < 1.29 is 24.2 Å². The van der Waals surface area contributed by atoms with Crippen LogP contribution < -0.4 is 10.1 Å². The number of hydrogen-bond donors (Lipinski definition) is 3. The number of aromatic amines is 1. The van der Waals surface area contributed by atoms with Gasteiger partial charge in [0.15, 0.2) is 0 Å². The van der Waals surface area contributed by atoms with Crippen molar-refractivity contribution in [3.63, 3.8) is 0 Å². The van der Waals surface area contributed by atoms with Crippen LogP contribution in [0.3, 0.4) is 0 Å². The molecule has 2 rings (SSSR count). The summed E-state index contributed by atoms with van der Waals surface area (Å²) in [5.74, 6) is -0.628. The Bertz CT molecular complexity index is 727. The van der Waals surface area contributed by atoms with E-state index < -0.39 is 17.7 Å². The summed E-state index contributed by atoms with van der Waals surface area (Å²) < 4.78 is 10.3. The monoisotopic (exact) mass is 306 g/mol. The molecule has 22 heavy (non-hydrogen) atoms. The topological polar surface area (TPSA) is 101 Å². The van der Waals surface area contributed by atoms with E-state index in [2.05, 4.69) is 10.3 Å². The normalized spacial score (nSPS) is 11.3. The molecule has 0 unspecified atom stereocenters. The van der Waals surface area contributed by atoms with Crippen LogP contribution in [0.4, 0.5) is 10.5 Å². The number of aromatic carboxylic acids is 1. The molecule has 0 aliphatic heterocycles. The quantitative estimate of drug-likeness (QED) is 0.808. The standard InChI is InChI=1S/C15H18N2O5/c1-15(2,3)22-14(20)17-11-9-7-8(21-4)5-6-10(9)16-12(11)13(18)19/h5-7,16H,1-4H3,(H,17,20)(H,18,19). The highest BCUT2D eigenvalue weighted by Gasteiger charge is 2.22. The first-order valence-electron chi connectivity index (χ1n) is 6.64. The zero-order valence-corrected chi connectivity index (χ0v) is 12.8. The molecule has 7 heteroatoms. The molecule has 1 amide bonds. The van der Waals surface area contributed by atoms with Gasteiger partial charge in [-0.1, -0.05) is 0 Å². The Hall–Kier alpha value is -2.70. The van der Waals surface area contributed by atoms with E-state index in [1.165, 1.54) is 7.11 Å². The minimum Gasteiger partial charge on any atom is -0.497 e. The van der Waals surface area contributed by atoms with E-state index in [4.69, 9.17) is 9.47 Å². The Kier molecular flexibility index (Phi) is 3.99. The number of amides is 1. The van der Waals surface area contributed by atoms with Crippen LogP contribution in [0, 0.1) is 0 Å². The number of ether oxygens (including phenoxy) is 2. The van der Waals surface area contributed by atoms with Crippen LogP contribution in [0.5, 0.6) is 5.75 Å². The lowest BCUT2D eigenvalue weighted by Crippen LogP contribution is -2.27. The maximum atomic E-state index is 11.9. The largest absolute Gasteiger partial charge is 0.497 e. The van der Waals surface area contributed by atoms with Gasteiger partial charge in [-0.3, -0.25) is 5.32 Å². The summed E-state index contributed by atoms with van der Waals surface area (Å²) in [4.78, 5) is 26.0. The molecule has 118 valence electrons. The molecule has 0 fully saturated rings. The molecule has 0 saturated carbocycles. The van der Waals surface area contributed by atoms with Gasteiger partial charge < -0.3 is 19.6 Å². The second-order valence-electron chi connectivity index (χ2n) is 5.72. The smallest absolute Gasteiger partial charge is 0.412 e. The SMILES string of the molecule is COc1ccc2[nH]c(C(=O)O)c(NC(=O)OC(C)(C)C)c2c1. The highest BCUT2D eigenvalue weighted by atomic mass is 16.6. The van der Waals surface area contributed by atoms with Crippen molar-refractivity contribution in [1.82, 2.24) is 4.98 Å². The summed E-state index contributed by atoms with van der Waals surface area (Å²) in [7, 11) is 1.51. The van der Waals surface area contributed by atoms with Gasteiger partial charge in [-0.25, -0.2) is 9.59 Å². The second kappa shape index (κ2) is 5.59. The van der Waals surface area contributed by atoms with Crippen molar-refractivity contribution in [2.24, 2.45) is 0 Å². The van der Waals surface area contributed by atoms with Crippen LogP contribution in [0.25, 0.3) is 10.9 Å². The predicted molar refractivity (Wildman–Crippen MR) is 81.7 cm³/mol. The molecule has 1 aromatic carbocycles. The van der Waals surface area contributed by atoms with Crippen LogP contribution >= 0.6 is 0 Å². The fourth-order valence-corrected chi connectivity index (χ4v) is 1.99. The number of carbonyl (C=O) groups is 2. The predicted octanol–water partition coefficient (Wildman–Crippen LogP) is 3.22. The molecule has 0 saturated heterocycles. The van der Waals surface area contributed by atoms with Crippen molar-refractivity contribution >= 4 is 28.7 Å². The Morgan fingerprint density at radius 1 is 1.27 bits per heavy atom. The summed E-state index contributed by atoms with van der Waals surface area (Å²) in [6.07, 6.45) is -0.723. The number of benzene rings is 1. The molecular formula is C15H18N2O5. The fraction of sp³-hybridized carbons (Fsp3) is 0.333. The van der Waals surface area contributed by atoms with Gasteiger partial charge in [0.05, 0.1) is 12.8 Å². The van der Waals surface area contributed by atoms with Crippen molar-refractivity contribution in [2.75, 3.05) is 12.4 Å². The summed E-state index contributed by atoms with van der Waals surface area (Å²) in [6, 6.07) is 5.02. The van der Waals surface area contributed by atoms with Gasteiger partial charge in [-0.05, 0) is 39.0 Å². The maximum Gasteiger partial charge on any atom is 0.412 e. The molecule has 0 aliphatic carbocycles. The molecule has 0 bridgehead atoms. The zero-order valence-electron chi connectivity index (χ0n) is 12.8. The first kappa shape index (κ1) is 15.7. The Labute approximate surface area is 127 Å². The number of nitrogens with one attached hydrogen (secondary N) is 2. The average Bonchev–Trinajstić information content (AvgIpc) is 2.74. The van der Waals surface area contributed by atoms with Gasteiger partial charge in [0, 0.05) is 10.9 Å². The van der Waals surface area contributed by atoms with Gasteiger partial charge >= 0.3 is 12.1 Å². The first-order chi connectivity index (χ1) is 10.2. The average molecular weight is 306 g/mol. The van der Waals surface area contributed by atoms with E-state index in [9.17, 15) is 14.7 Å². The summed E-state index contributed by atoms with van der Waals surface area (Å²) in [5, 5.41) is 12.3. The summed E-state index contributed by atoms with van der Waals surface area (Å²) in [5.41, 5.74) is -0.0777.